The van der Waals surface area contributed by atoms with E-state index in [-0.39, 0.29) is 0 Å². The first kappa shape index (κ1) is 8.80. The first-order valence-corrected chi connectivity index (χ1v) is 3.81. The van der Waals surface area contributed by atoms with Crippen LogP contribution in [-0.4, -0.2) is 25.2 Å². The van der Waals surface area contributed by atoms with E-state index in [1.807, 2.05) is 6.07 Å². The Hall–Kier alpha value is -1.29. The zero-order chi connectivity index (χ0) is 8.81. The van der Waals surface area contributed by atoms with Crippen LogP contribution >= 0.6 is 0 Å². The molecule has 0 atom stereocenters. The fourth-order valence-electron chi connectivity index (χ4n) is 0.822. The molecule has 1 heterocycles. The van der Waals surface area contributed by atoms with Crippen LogP contribution in [0.4, 0.5) is 5.69 Å². The molecule has 1 rings (SSSR count). The number of methoxy groups -OCH3 is 1. The second-order valence-corrected chi connectivity index (χ2v) is 2.30. The molecule has 0 spiro atoms. The summed E-state index contributed by atoms with van der Waals surface area (Å²) in [7, 11) is 1.59. The molecular weight excluding hydrogens is 154 g/mol. The van der Waals surface area contributed by atoms with Gasteiger partial charge in [-0.25, -0.2) is 4.98 Å². The molecule has 0 radical (unpaired) electrons. The minimum atomic E-state index is 0.617. The van der Waals surface area contributed by atoms with Crippen molar-refractivity contribution in [3.63, 3.8) is 0 Å². The Morgan fingerprint density at radius 3 is 2.92 bits per heavy atom. The quantitative estimate of drug-likeness (QED) is 0.684. The highest BCUT2D eigenvalue weighted by Gasteiger charge is 1.92. The lowest BCUT2D eigenvalue weighted by Gasteiger charge is -2.04. The maximum Gasteiger partial charge on any atom is 0.213 e. The van der Waals surface area contributed by atoms with E-state index in [0.29, 0.717) is 12.4 Å². The van der Waals surface area contributed by atoms with E-state index < -0.39 is 0 Å². The van der Waals surface area contributed by atoms with Gasteiger partial charge in [0.1, 0.15) is 0 Å². The number of hydrogen-bond acceptors (Lipinski definition) is 4. The molecule has 0 fully saturated rings. The van der Waals surface area contributed by atoms with Crippen molar-refractivity contribution in [3.8, 4) is 5.88 Å². The summed E-state index contributed by atoms with van der Waals surface area (Å²) in [4.78, 5) is 4.02. The first-order valence-electron chi connectivity index (χ1n) is 3.81. The standard InChI is InChI=1S/C8H13N3O/c1-12-8-3-2-7(6-11-8)10-5-4-9/h2-3,6,10H,4-5,9H2,1H3. The summed E-state index contributed by atoms with van der Waals surface area (Å²) in [5.74, 6) is 0.619. The van der Waals surface area contributed by atoms with E-state index in [4.69, 9.17) is 10.5 Å². The summed E-state index contributed by atoms with van der Waals surface area (Å²) in [5, 5.41) is 3.10. The SMILES string of the molecule is COc1ccc(NCCN)cn1. The lowest BCUT2D eigenvalue weighted by atomic mass is 10.4. The number of nitrogens with zero attached hydrogens (tertiary/aromatic N) is 1. The third-order valence-corrected chi connectivity index (χ3v) is 1.42. The van der Waals surface area contributed by atoms with Crippen LogP contribution in [0.3, 0.4) is 0 Å². The molecule has 0 aliphatic heterocycles. The summed E-state index contributed by atoms with van der Waals surface area (Å²) in [6, 6.07) is 3.71. The third-order valence-electron chi connectivity index (χ3n) is 1.42. The predicted molar refractivity (Wildman–Crippen MR) is 48.3 cm³/mol. The number of aromatic nitrogens is 1. The normalized spacial score (nSPS) is 9.50. The van der Waals surface area contributed by atoms with E-state index in [9.17, 15) is 0 Å². The Kier molecular flexibility index (Phi) is 3.35. The minimum Gasteiger partial charge on any atom is -0.481 e. The van der Waals surface area contributed by atoms with Gasteiger partial charge in [-0.1, -0.05) is 0 Å². The summed E-state index contributed by atoms with van der Waals surface area (Å²) < 4.78 is 4.91. The Balaban J connectivity index is 2.53. The average molecular weight is 167 g/mol. The van der Waals surface area contributed by atoms with E-state index in [1.165, 1.54) is 0 Å². The molecule has 0 saturated heterocycles. The van der Waals surface area contributed by atoms with Crippen molar-refractivity contribution < 1.29 is 4.74 Å². The van der Waals surface area contributed by atoms with Gasteiger partial charge in [-0.3, -0.25) is 0 Å². The zero-order valence-corrected chi connectivity index (χ0v) is 7.08. The summed E-state index contributed by atoms with van der Waals surface area (Å²) in [6.45, 7) is 1.38. The largest absolute Gasteiger partial charge is 0.481 e. The van der Waals surface area contributed by atoms with Gasteiger partial charge in [-0.05, 0) is 6.07 Å². The third kappa shape index (κ3) is 2.39. The van der Waals surface area contributed by atoms with Crippen LogP contribution in [0.1, 0.15) is 0 Å². The molecule has 0 saturated carbocycles. The fourth-order valence-corrected chi connectivity index (χ4v) is 0.822. The topological polar surface area (TPSA) is 60.2 Å². The number of ether oxygens (including phenoxy) is 1. The molecule has 0 aliphatic carbocycles. The van der Waals surface area contributed by atoms with Gasteiger partial charge in [-0.2, -0.15) is 0 Å². The molecule has 4 heteroatoms. The molecule has 1 aromatic rings. The highest BCUT2D eigenvalue weighted by Crippen LogP contribution is 2.09. The molecule has 3 N–H and O–H groups in total. The van der Waals surface area contributed by atoms with Gasteiger partial charge >= 0.3 is 0 Å². The molecule has 1 aromatic heterocycles. The Morgan fingerprint density at radius 2 is 2.42 bits per heavy atom. The van der Waals surface area contributed by atoms with Gasteiger partial charge in [0.2, 0.25) is 5.88 Å². The highest BCUT2D eigenvalue weighted by atomic mass is 16.5. The van der Waals surface area contributed by atoms with Gasteiger partial charge in [-0.15, -0.1) is 0 Å². The van der Waals surface area contributed by atoms with E-state index >= 15 is 0 Å². The maximum atomic E-state index is 5.32. The molecule has 0 aromatic carbocycles. The van der Waals surface area contributed by atoms with E-state index in [2.05, 4.69) is 10.3 Å². The monoisotopic (exact) mass is 167 g/mol. The molecule has 0 bridgehead atoms. The molecule has 0 unspecified atom stereocenters. The van der Waals surface area contributed by atoms with Crippen LogP contribution in [0, 0.1) is 0 Å². The van der Waals surface area contributed by atoms with Crippen LogP contribution < -0.4 is 15.8 Å². The minimum absolute atomic E-state index is 0.617. The summed E-state index contributed by atoms with van der Waals surface area (Å²) in [5.41, 5.74) is 6.28. The molecule has 0 aliphatic rings. The van der Waals surface area contributed by atoms with Gasteiger partial charge < -0.3 is 15.8 Å². The van der Waals surface area contributed by atoms with Gasteiger partial charge in [0.25, 0.3) is 0 Å². The van der Waals surface area contributed by atoms with Crippen LogP contribution in [-0.2, 0) is 0 Å². The molecular formula is C8H13N3O. The van der Waals surface area contributed by atoms with Crippen molar-refractivity contribution >= 4 is 5.69 Å². The predicted octanol–water partition coefficient (Wildman–Crippen LogP) is 0.461. The van der Waals surface area contributed by atoms with Crippen LogP contribution in [0.2, 0.25) is 0 Å². The highest BCUT2D eigenvalue weighted by molar-refractivity contribution is 5.41. The van der Waals surface area contributed by atoms with Crippen LogP contribution in [0.15, 0.2) is 18.3 Å². The van der Waals surface area contributed by atoms with Crippen molar-refractivity contribution in [2.75, 3.05) is 25.5 Å². The van der Waals surface area contributed by atoms with Crippen molar-refractivity contribution in [1.82, 2.24) is 4.98 Å². The van der Waals surface area contributed by atoms with E-state index in [0.717, 1.165) is 12.2 Å². The Morgan fingerprint density at radius 1 is 1.58 bits per heavy atom. The number of rotatable bonds is 4. The first-order chi connectivity index (χ1) is 5.86. The smallest absolute Gasteiger partial charge is 0.213 e. The second-order valence-electron chi connectivity index (χ2n) is 2.30. The number of nitrogens with one attached hydrogen (secondary N) is 1. The number of pyridine rings is 1. The number of nitrogens with two attached hydrogens (primary N) is 1. The van der Waals surface area contributed by atoms with Crippen molar-refractivity contribution in [2.45, 2.75) is 0 Å². The number of anilines is 1. The molecule has 4 nitrogen and oxygen atoms in total. The maximum absolute atomic E-state index is 5.32. The molecule has 12 heavy (non-hydrogen) atoms. The lowest BCUT2D eigenvalue weighted by Crippen LogP contribution is -2.13. The Labute approximate surface area is 71.7 Å². The second kappa shape index (κ2) is 4.56. The number of hydrogen-bond donors (Lipinski definition) is 2. The van der Waals surface area contributed by atoms with E-state index in [1.54, 1.807) is 19.4 Å². The van der Waals surface area contributed by atoms with Crippen LogP contribution in [0.5, 0.6) is 5.88 Å². The molecule has 66 valence electrons. The fraction of sp³-hybridized carbons (Fsp3) is 0.375. The van der Waals surface area contributed by atoms with Gasteiger partial charge in [0, 0.05) is 19.2 Å². The van der Waals surface area contributed by atoms with Crippen molar-refractivity contribution in [3.05, 3.63) is 18.3 Å². The summed E-state index contributed by atoms with van der Waals surface area (Å²) in [6.07, 6.45) is 1.72. The Bertz CT molecular complexity index is 222. The van der Waals surface area contributed by atoms with Crippen molar-refractivity contribution in [2.24, 2.45) is 5.73 Å². The lowest BCUT2D eigenvalue weighted by molar-refractivity contribution is 0.398. The van der Waals surface area contributed by atoms with Gasteiger partial charge in [0.15, 0.2) is 0 Å². The zero-order valence-electron chi connectivity index (χ0n) is 7.08. The van der Waals surface area contributed by atoms with Crippen molar-refractivity contribution in [1.29, 1.82) is 0 Å². The summed E-state index contributed by atoms with van der Waals surface area (Å²) >= 11 is 0. The van der Waals surface area contributed by atoms with Gasteiger partial charge in [0.05, 0.1) is 19.0 Å². The van der Waals surface area contributed by atoms with Crippen LogP contribution in [0.25, 0.3) is 0 Å². The molecule has 0 amide bonds. The average Bonchev–Trinajstić information content (AvgIpc) is 2.15.